The van der Waals surface area contributed by atoms with Crippen LogP contribution in [-0.2, 0) is 5.41 Å². The highest BCUT2D eigenvalue weighted by Crippen LogP contribution is 2.21. The summed E-state index contributed by atoms with van der Waals surface area (Å²) in [7, 11) is 0. The Labute approximate surface area is 98.8 Å². The smallest absolute Gasteiger partial charge is 0.170 e. The molecule has 0 unspecified atom stereocenters. The summed E-state index contributed by atoms with van der Waals surface area (Å²) in [5.41, 5.74) is 2.99. The van der Waals surface area contributed by atoms with E-state index in [1.807, 2.05) is 0 Å². The van der Waals surface area contributed by atoms with Crippen molar-refractivity contribution in [3.63, 3.8) is 0 Å². The topological polar surface area (TPSA) is 3.01 Å². The minimum Gasteiger partial charge on any atom is -0.236 e. The van der Waals surface area contributed by atoms with Crippen LogP contribution in [0.4, 0.5) is 0 Å². The van der Waals surface area contributed by atoms with Crippen molar-refractivity contribution in [3.8, 4) is 0 Å². The summed E-state index contributed by atoms with van der Waals surface area (Å²) in [5.74, 6) is 0. The predicted octanol–water partition coefficient (Wildman–Crippen LogP) is 3.21. The van der Waals surface area contributed by atoms with Gasteiger partial charge in [-0.1, -0.05) is 32.9 Å². The number of hydrogen-bond acceptors (Lipinski definition) is 0. The Morgan fingerprint density at radius 1 is 1.00 bits per heavy atom. The first kappa shape index (κ1) is 11.4. The normalized spacial score (nSPS) is 16.6. The number of benzene rings is 1. The van der Waals surface area contributed by atoms with Gasteiger partial charge in [0.1, 0.15) is 13.1 Å². The van der Waals surface area contributed by atoms with Crippen molar-refractivity contribution in [3.05, 3.63) is 35.4 Å². The van der Waals surface area contributed by atoms with Crippen molar-refractivity contribution in [1.82, 2.24) is 0 Å². The van der Waals surface area contributed by atoms with Gasteiger partial charge in [-0.2, -0.15) is 0 Å². The zero-order valence-electron chi connectivity index (χ0n) is 10.7. The average Bonchev–Trinajstić information content (AvgIpc) is 2.70. The molecule has 1 fully saturated rings. The Balaban J connectivity index is 2.16. The number of nitrogens with zero attached hydrogens (tertiary/aromatic N) is 1. The minimum absolute atomic E-state index is 0.256. The van der Waals surface area contributed by atoms with Crippen LogP contribution in [-0.4, -0.2) is 23.9 Å². The van der Waals surface area contributed by atoms with E-state index in [9.17, 15) is 0 Å². The van der Waals surface area contributed by atoms with Crippen molar-refractivity contribution in [1.29, 1.82) is 0 Å². The van der Waals surface area contributed by atoms with E-state index < -0.39 is 0 Å². The van der Waals surface area contributed by atoms with Gasteiger partial charge in [0.15, 0.2) is 6.21 Å². The first-order chi connectivity index (χ1) is 7.55. The summed E-state index contributed by atoms with van der Waals surface area (Å²) in [4.78, 5) is 0. The maximum atomic E-state index is 2.42. The summed E-state index contributed by atoms with van der Waals surface area (Å²) >= 11 is 0. The summed E-state index contributed by atoms with van der Waals surface area (Å²) in [6.45, 7) is 9.21. The van der Waals surface area contributed by atoms with Crippen LogP contribution < -0.4 is 0 Å². The lowest BCUT2D eigenvalue weighted by molar-refractivity contribution is -0.500. The molecule has 1 aliphatic rings. The monoisotopic (exact) mass is 216 g/mol. The molecule has 2 rings (SSSR count). The molecule has 1 aliphatic heterocycles. The highest BCUT2D eigenvalue weighted by molar-refractivity contribution is 5.75. The predicted molar refractivity (Wildman–Crippen MR) is 69.5 cm³/mol. The highest BCUT2D eigenvalue weighted by atomic mass is 15.0. The zero-order chi connectivity index (χ0) is 11.6. The molecule has 0 atom stereocenters. The van der Waals surface area contributed by atoms with E-state index in [0.717, 1.165) is 0 Å². The van der Waals surface area contributed by atoms with Crippen LogP contribution in [0.5, 0.6) is 0 Å². The highest BCUT2D eigenvalue weighted by Gasteiger charge is 2.14. The molecular formula is C15H22N+. The zero-order valence-corrected chi connectivity index (χ0v) is 10.7. The van der Waals surface area contributed by atoms with E-state index in [1.54, 1.807) is 0 Å². The summed E-state index contributed by atoms with van der Waals surface area (Å²) in [5, 5.41) is 0. The van der Waals surface area contributed by atoms with Gasteiger partial charge in [0.05, 0.1) is 0 Å². The van der Waals surface area contributed by atoms with Gasteiger partial charge in [-0.15, -0.1) is 0 Å². The molecule has 86 valence electrons. The molecule has 1 aromatic rings. The van der Waals surface area contributed by atoms with Crippen LogP contribution in [0.25, 0.3) is 0 Å². The Morgan fingerprint density at radius 3 is 2.06 bits per heavy atom. The second-order valence-electron chi connectivity index (χ2n) is 5.74. The lowest BCUT2D eigenvalue weighted by atomic mass is 9.87. The Hall–Kier alpha value is -1.11. The quantitative estimate of drug-likeness (QED) is 0.634. The third kappa shape index (κ3) is 2.72. The van der Waals surface area contributed by atoms with E-state index in [0.29, 0.717) is 0 Å². The van der Waals surface area contributed by atoms with Gasteiger partial charge in [-0.05, 0) is 23.1 Å². The molecule has 0 bridgehead atoms. The van der Waals surface area contributed by atoms with Gasteiger partial charge in [0.25, 0.3) is 0 Å². The van der Waals surface area contributed by atoms with Crippen molar-refractivity contribution in [2.75, 3.05) is 13.1 Å². The summed E-state index contributed by atoms with van der Waals surface area (Å²) in [6, 6.07) is 8.97. The molecule has 0 spiro atoms. The molecule has 1 heteroatoms. The Bertz CT molecular complexity index is 371. The van der Waals surface area contributed by atoms with Crippen molar-refractivity contribution in [2.45, 2.75) is 39.0 Å². The van der Waals surface area contributed by atoms with Gasteiger partial charge >= 0.3 is 0 Å². The Morgan fingerprint density at radius 2 is 1.56 bits per heavy atom. The van der Waals surface area contributed by atoms with Gasteiger partial charge in [0, 0.05) is 18.4 Å². The third-order valence-corrected chi connectivity index (χ3v) is 3.25. The SMILES string of the molecule is CC(C)(C)c1ccc(C=[N+]2CCCC2)cc1. The minimum atomic E-state index is 0.256. The largest absolute Gasteiger partial charge is 0.236 e. The van der Waals surface area contributed by atoms with Crippen molar-refractivity contribution >= 4 is 6.21 Å². The molecule has 16 heavy (non-hydrogen) atoms. The fourth-order valence-electron chi connectivity index (χ4n) is 2.15. The van der Waals surface area contributed by atoms with Crippen LogP contribution in [0.2, 0.25) is 0 Å². The summed E-state index contributed by atoms with van der Waals surface area (Å²) < 4.78 is 2.42. The number of hydrogen-bond donors (Lipinski definition) is 0. The molecule has 0 radical (unpaired) electrons. The average molecular weight is 216 g/mol. The van der Waals surface area contributed by atoms with Crippen LogP contribution in [0.15, 0.2) is 24.3 Å². The maximum absolute atomic E-state index is 2.42. The fourth-order valence-corrected chi connectivity index (χ4v) is 2.15. The van der Waals surface area contributed by atoms with Gasteiger partial charge in [-0.25, -0.2) is 4.58 Å². The van der Waals surface area contributed by atoms with E-state index >= 15 is 0 Å². The fraction of sp³-hybridized carbons (Fsp3) is 0.533. The van der Waals surface area contributed by atoms with Gasteiger partial charge in [-0.3, -0.25) is 0 Å². The maximum Gasteiger partial charge on any atom is 0.170 e. The van der Waals surface area contributed by atoms with Crippen molar-refractivity contribution in [2.24, 2.45) is 0 Å². The van der Waals surface area contributed by atoms with E-state index in [2.05, 4.69) is 55.8 Å². The third-order valence-electron chi connectivity index (χ3n) is 3.25. The van der Waals surface area contributed by atoms with Crippen LogP contribution in [0, 0.1) is 0 Å². The molecular weight excluding hydrogens is 194 g/mol. The van der Waals surface area contributed by atoms with E-state index in [-0.39, 0.29) is 5.41 Å². The first-order valence-electron chi connectivity index (χ1n) is 6.25. The lowest BCUT2D eigenvalue weighted by Gasteiger charge is -2.18. The molecule has 0 amide bonds. The molecule has 1 nitrogen and oxygen atoms in total. The van der Waals surface area contributed by atoms with Gasteiger partial charge in [0.2, 0.25) is 0 Å². The molecule has 0 N–H and O–H groups in total. The van der Waals surface area contributed by atoms with Crippen LogP contribution >= 0.6 is 0 Å². The molecule has 1 heterocycles. The molecule has 0 aromatic heterocycles. The molecule has 0 aliphatic carbocycles. The second-order valence-corrected chi connectivity index (χ2v) is 5.74. The van der Waals surface area contributed by atoms with Crippen molar-refractivity contribution < 1.29 is 4.58 Å². The summed E-state index contributed by atoms with van der Waals surface area (Å²) in [6.07, 6.45) is 4.98. The Kier molecular flexibility index (Phi) is 3.13. The van der Waals surface area contributed by atoms with Crippen LogP contribution in [0.1, 0.15) is 44.7 Å². The molecule has 1 saturated heterocycles. The van der Waals surface area contributed by atoms with E-state index in [4.69, 9.17) is 0 Å². The van der Waals surface area contributed by atoms with Gasteiger partial charge < -0.3 is 0 Å². The van der Waals surface area contributed by atoms with E-state index in [1.165, 1.54) is 37.1 Å². The van der Waals surface area contributed by atoms with Crippen LogP contribution in [0.3, 0.4) is 0 Å². The first-order valence-corrected chi connectivity index (χ1v) is 6.25. The molecule has 1 aromatic carbocycles. The second kappa shape index (κ2) is 4.40. The standard InChI is InChI=1S/C15H22N/c1-15(2,3)14-8-6-13(7-9-14)12-16-10-4-5-11-16/h6-9,12H,4-5,10-11H2,1-3H3/q+1. The molecule has 0 saturated carbocycles. The lowest BCUT2D eigenvalue weighted by Crippen LogP contribution is -2.11. The number of rotatable bonds is 1.